The van der Waals surface area contributed by atoms with Gasteiger partial charge < -0.3 is 0 Å². The molecule has 1 heterocycles. The maximum Gasteiger partial charge on any atom is 0.276 e. The number of benzene rings is 1. The summed E-state index contributed by atoms with van der Waals surface area (Å²) in [5.41, 5.74) is 1.53. The number of aromatic nitrogens is 1. The van der Waals surface area contributed by atoms with E-state index in [2.05, 4.69) is 4.98 Å². The molecule has 0 aliphatic carbocycles. The van der Waals surface area contributed by atoms with Gasteiger partial charge in [-0.15, -0.1) is 0 Å². The third-order valence-electron chi connectivity index (χ3n) is 2.48. The number of nitro benzene ring substituents is 1. The Balaban J connectivity index is 2.12. The van der Waals surface area contributed by atoms with Crippen LogP contribution in [0.1, 0.15) is 11.3 Å². The van der Waals surface area contributed by atoms with Gasteiger partial charge in [0.15, 0.2) is 0 Å². The van der Waals surface area contributed by atoms with Crippen molar-refractivity contribution in [2.24, 2.45) is 0 Å². The lowest BCUT2D eigenvalue weighted by Crippen LogP contribution is -1.90. The van der Waals surface area contributed by atoms with Gasteiger partial charge in [-0.3, -0.25) is 15.1 Å². The van der Waals surface area contributed by atoms with Crippen molar-refractivity contribution in [3.8, 4) is 0 Å². The van der Waals surface area contributed by atoms with E-state index in [1.807, 2.05) is 24.3 Å². The first-order chi connectivity index (χ1) is 9.27. The van der Waals surface area contributed by atoms with Gasteiger partial charge in [-0.2, -0.15) is 0 Å². The van der Waals surface area contributed by atoms with Crippen molar-refractivity contribution in [1.82, 2.24) is 4.98 Å². The Morgan fingerprint density at radius 2 is 1.74 bits per heavy atom. The molecule has 0 radical (unpaired) electrons. The molecule has 4 nitrogen and oxygen atoms in total. The molecule has 1 aromatic carbocycles. The van der Waals surface area contributed by atoms with Crippen LogP contribution in [0.5, 0.6) is 0 Å². The Morgan fingerprint density at radius 1 is 1.00 bits per heavy atom. The van der Waals surface area contributed by atoms with Crippen molar-refractivity contribution in [1.29, 1.82) is 0 Å². The van der Waals surface area contributed by atoms with Crippen molar-refractivity contribution in [2.45, 2.75) is 0 Å². The number of hydrogen-bond donors (Lipinski definition) is 0. The average Bonchev–Trinajstić information content (AvgIpc) is 2.45. The Bertz CT molecular complexity index is 619. The van der Waals surface area contributed by atoms with Crippen LogP contribution in [0, 0.1) is 10.1 Å². The second-order valence-electron chi connectivity index (χ2n) is 3.79. The summed E-state index contributed by atoms with van der Waals surface area (Å²) in [6, 6.07) is 12.3. The second kappa shape index (κ2) is 6.26. The lowest BCUT2D eigenvalue weighted by atomic mass is 10.1. The van der Waals surface area contributed by atoms with Gasteiger partial charge in [-0.25, -0.2) is 0 Å². The molecule has 1 aromatic heterocycles. The summed E-state index contributed by atoms with van der Waals surface area (Å²) in [6.07, 6.45) is 8.82. The van der Waals surface area contributed by atoms with Gasteiger partial charge in [0.25, 0.3) is 5.69 Å². The van der Waals surface area contributed by atoms with Crippen LogP contribution in [0.4, 0.5) is 5.69 Å². The standard InChI is InChI=1S/C15H12N2O2/c18-17(19)15-11-4-2-8-13(15)7-1-3-9-14-10-5-6-12-16-14/h1-12H/b7-1+,9-3+. The molecular formula is C15H12N2O2. The van der Waals surface area contributed by atoms with Crippen LogP contribution in [-0.4, -0.2) is 9.91 Å². The first kappa shape index (κ1) is 12.7. The molecular weight excluding hydrogens is 240 g/mol. The number of nitro groups is 1. The highest BCUT2D eigenvalue weighted by atomic mass is 16.6. The number of pyridine rings is 1. The number of para-hydroxylation sites is 1. The SMILES string of the molecule is O=[N+]([O-])c1ccccc1/C=C/C=C/c1ccccn1. The smallest absolute Gasteiger partial charge is 0.258 e. The van der Waals surface area contributed by atoms with Gasteiger partial charge in [0.2, 0.25) is 0 Å². The molecule has 0 amide bonds. The Hall–Kier alpha value is -2.75. The van der Waals surface area contributed by atoms with E-state index in [0.717, 1.165) is 5.69 Å². The van der Waals surface area contributed by atoms with E-state index in [0.29, 0.717) is 5.56 Å². The molecule has 94 valence electrons. The highest BCUT2D eigenvalue weighted by Crippen LogP contribution is 2.18. The fraction of sp³-hybridized carbons (Fsp3) is 0. The Morgan fingerprint density at radius 3 is 2.47 bits per heavy atom. The molecule has 0 N–H and O–H groups in total. The van der Waals surface area contributed by atoms with E-state index in [4.69, 9.17) is 0 Å². The summed E-state index contributed by atoms with van der Waals surface area (Å²) in [7, 11) is 0. The molecule has 4 heteroatoms. The van der Waals surface area contributed by atoms with Gasteiger partial charge in [0, 0.05) is 12.3 Å². The summed E-state index contributed by atoms with van der Waals surface area (Å²) in [5.74, 6) is 0. The van der Waals surface area contributed by atoms with Crippen LogP contribution in [0.15, 0.2) is 60.8 Å². The molecule has 2 rings (SSSR count). The van der Waals surface area contributed by atoms with Crippen molar-refractivity contribution in [3.63, 3.8) is 0 Å². The van der Waals surface area contributed by atoms with Crippen LogP contribution in [-0.2, 0) is 0 Å². The van der Waals surface area contributed by atoms with Crippen LogP contribution in [0.3, 0.4) is 0 Å². The summed E-state index contributed by atoms with van der Waals surface area (Å²) in [5, 5.41) is 10.8. The van der Waals surface area contributed by atoms with Gasteiger partial charge in [0.05, 0.1) is 16.2 Å². The minimum Gasteiger partial charge on any atom is -0.258 e. The Labute approximate surface area is 110 Å². The number of rotatable bonds is 4. The summed E-state index contributed by atoms with van der Waals surface area (Å²) in [6.45, 7) is 0. The molecule has 0 spiro atoms. The van der Waals surface area contributed by atoms with Crippen molar-refractivity contribution < 1.29 is 4.92 Å². The number of hydrogen-bond acceptors (Lipinski definition) is 3. The lowest BCUT2D eigenvalue weighted by molar-refractivity contribution is -0.385. The molecule has 0 atom stereocenters. The molecule has 19 heavy (non-hydrogen) atoms. The minimum atomic E-state index is -0.387. The summed E-state index contributed by atoms with van der Waals surface area (Å²) < 4.78 is 0. The second-order valence-corrected chi connectivity index (χ2v) is 3.79. The zero-order valence-electron chi connectivity index (χ0n) is 10.1. The van der Waals surface area contributed by atoms with Crippen LogP contribution in [0.25, 0.3) is 12.2 Å². The zero-order valence-corrected chi connectivity index (χ0v) is 10.1. The predicted octanol–water partition coefficient (Wildman–Crippen LogP) is 3.72. The molecule has 0 saturated carbocycles. The third kappa shape index (κ3) is 3.61. The summed E-state index contributed by atoms with van der Waals surface area (Å²) >= 11 is 0. The van der Waals surface area contributed by atoms with E-state index in [1.54, 1.807) is 42.6 Å². The molecule has 0 saturated heterocycles. The van der Waals surface area contributed by atoms with Gasteiger partial charge in [-0.05, 0) is 30.4 Å². The molecule has 0 fully saturated rings. The zero-order chi connectivity index (χ0) is 13.5. The molecule has 0 aliphatic heterocycles. The van der Waals surface area contributed by atoms with Crippen LogP contribution in [0.2, 0.25) is 0 Å². The predicted molar refractivity (Wildman–Crippen MR) is 75.4 cm³/mol. The maximum atomic E-state index is 10.8. The van der Waals surface area contributed by atoms with E-state index < -0.39 is 0 Å². The maximum absolute atomic E-state index is 10.8. The number of allylic oxidation sites excluding steroid dienone is 2. The monoisotopic (exact) mass is 252 g/mol. The highest BCUT2D eigenvalue weighted by molar-refractivity contribution is 5.63. The minimum absolute atomic E-state index is 0.102. The van der Waals surface area contributed by atoms with E-state index in [-0.39, 0.29) is 10.6 Å². The quantitative estimate of drug-likeness (QED) is 0.473. The van der Waals surface area contributed by atoms with E-state index >= 15 is 0 Å². The highest BCUT2D eigenvalue weighted by Gasteiger charge is 2.08. The fourth-order valence-electron chi connectivity index (χ4n) is 1.58. The first-order valence-electron chi connectivity index (χ1n) is 5.76. The van der Waals surface area contributed by atoms with Crippen LogP contribution >= 0.6 is 0 Å². The largest absolute Gasteiger partial charge is 0.276 e. The Kier molecular flexibility index (Phi) is 4.18. The van der Waals surface area contributed by atoms with Gasteiger partial charge in [0.1, 0.15) is 0 Å². The van der Waals surface area contributed by atoms with Crippen molar-refractivity contribution in [2.75, 3.05) is 0 Å². The topological polar surface area (TPSA) is 56.0 Å². The van der Waals surface area contributed by atoms with E-state index in [1.165, 1.54) is 6.07 Å². The average molecular weight is 252 g/mol. The lowest BCUT2D eigenvalue weighted by Gasteiger charge is -1.95. The summed E-state index contributed by atoms with van der Waals surface area (Å²) in [4.78, 5) is 14.6. The van der Waals surface area contributed by atoms with Crippen LogP contribution < -0.4 is 0 Å². The normalized spacial score (nSPS) is 11.2. The third-order valence-corrected chi connectivity index (χ3v) is 2.48. The van der Waals surface area contributed by atoms with Gasteiger partial charge >= 0.3 is 0 Å². The van der Waals surface area contributed by atoms with Crippen molar-refractivity contribution in [3.05, 3.63) is 82.2 Å². The van der Waals surface area contributed by atoms with E-state index in [9.17, 15) is 10.1 Å². The molecule has 0 aliphatic rings. The molecule has 0 unspecified atom stereocenters. The molecule has 0 bridgehead atoms. The van der Waals surface area contributed by atoms with Crippen molar-refractivity contribution >= 4 is 17.8 Å². The number of nitrogens with zero attached hydrogens (tertiary/aromatic N) is 2. The fourth-order valence-corrected chi connectivity index (χ4v) is 1.58. The van der Waals surface area contributed by atoms with Gasteiger partial charge in [-0.1, -0.05) is 30.4 Å². The first-order valence-corrected chi connectivity index (χ1v) is 5.76. The molecule has 2 aromatic rings.